The second-order valence-electron chi connectivity index (χ2n) is 7.31. The Kier molecular flexibility index (Phi) is 6.62. The lowest BCUT2D eigenvalue weighted by Crippen LogP contribution is -2.54. The standard InChI is InChI=1S/C20H27N5O5S/c1-2-21-20(22-7-5-16-3-4-18-19(13-16)29-15-28-18)24-8-10-25(11-9-24)31(26,27)14-17-6-12-30-23-17/h3-4,6,12-13H,2,5,7-11,14-15H2,1H3,(H,21,22). The van der Waals surface area contributed by atoms with Gasteiger partial charge in [-0.1, -0.05) is 11.2 Å². The first kappa shape index (κ1) is 21.4. The molecule has 0 spiro atoms. The summed E-state index contributed by atoms with van der Waals surface area (Å²) in [6.45, 7) is 5.62. The van der Waals surface area contributed by atoms with Gasteiger partial charge in [-0.05, 0) is 31.0 Å². The van der Waals surface area contributed by atoms with Crippen molar-refractivity contribution in [1.29, 1.82) is 0 Å². The van der Waals surface area contributed by atoms with E-state index in [-0.39, 0.29) is 12.5 Å². The Morgan fingerprint density at radius 2 is 1.97 bits per heavy atom. The summed E-state index contributed by atoms with van der Waals surface area (Å²) in [6.07, 6.45) is 2.16. The van der Waals surface area contributed by atoms with Crippen molar-refractivity contribution in [3.8, 4) is 11.5 Å². The molecular formula is C20H27N5O5S. The predicted molar refractivity (Wildman–Crippen MR) is 115 cm³/mol. The Morgan fingerprint density at radius 1 is 1.16 bits per heavy atom. The number of hydrogen-bond donors (Lipinski definition) is 1. The highest BCUT2D eigenvalue weighted by molar-refractivity contribution is 7.88. The molecule has 1 saturated heterocycles. The third-order valence-electron chi connectivity index (χ3n) is 5.19. The first-order valence-electron chi connectivity index (χ1n) is 10.3. The number of ether oxygens (including phenoxy) is 2. The van der Waals surface area contributed by atoms with Gasteiger partial charge in [0.15, 0.2) is 17.5 Å². The van der Waals surface area contributed by atoms with Crippen LogP contribution in [0.15, 0.2) is 40.0 Å². The number of nitrogens with zero attached hydrogens (tertiary/aromatic N) is 4. The Labute approximate surface area is 181 Å². The van der Waals surface area contributed by atoms with Crippen LogP contribution in [0.2, 0.25) is 0 Å². The zero-order chi connectivity index (χ0) is 21.7. The van der Waals surface area contributed by atoms with E-state index in [2.05, 4.69) is 15.4 Å². The Morgan fingerprint density at radius 3 is 2.71 bits per heavy atom. The molecule has 0 atom stereocenters. The molecule has 11 heteroatoms. The summed E-state index contributed by atoms with van der Waals surface area (Å²) in [4.78, 5) is 6.85. The fraction of sp³-hybridized carbons (Fsp3) is 0.500. The minimum Gasteiger partial charge on any atom is -0.454 e. The second kappa shape index (κ2) is 9.56. The van der Waals surface area contributed by atoms with Crippen molar-refractivity contribution in [2.75, 3.05) is 46.1 Å². The van der Waals surface area contributed by atoms with Crippen LogP contribution in [0.3, 0.4) is 0 Å². The van der Waals surface area contributed by atoms with E-state index in [1.54, 1.807) is 6.07 Å². The van der Waals surface area contributed by atoms with Gasteiger partial charge in [-0.3, -0.25) is 4.99 Å². The van der Waals surface area contributed by atoms with Crippen molar-refractivity contribution in [3.05, 3.63) is 41.8 Å². The van der Waals surface area contributed by atoms with Gasteiger partial charge in [-0.2, -0.15) is 4.31 Å². The maximum absolute atomic E-state index is 12.6. The van der Waals surface area contributed by atoms with E-state index >= 15 is 0 Å². The van der Waals surface area contributed by atoms with Gasteiger partial charge in [0, 0.05) is 45.3 Å². The molecule has 4 rings (SSSR count). The number of aromatic nitrogens is 1. The molecule has 2 aliphatic rings. The van der Waals surface area contributed by atoms with E-state index in [0.717, 1.165) is 36.0 Å². The fourth-order valence-electron chi connectivity index (χ4n) is 3.58. The van der Waals surface area contributed by atoms with Crippen molar-refractivity contribution < 1.29 is 22.4 Å². The molecule has 31 heavy (non-hydrogen) atoms. The molecule has 0 aliphatic carbocycles. The average Bonchev–Trinajstić information content (AvgIpc) is 3.44. The fourth-order valence-corrected chi connectivity index (χ4v) is 5.01. The summed E-state index contributed by atoms with van der Waals surface area (Å²) in [5, 5.41) is 7.02. The number of nitrogens with one attached hydrogen (secondary N) is 1. The molecule has 0 radical (unpaired) electrons. The number of sulfonamides is 1. The quantitative estimate of drug-likeness (QED) is 0.494. The average molecular weight is 450 g/mol. The van der Waals surface area contributed by atoms with Gasteiger partial charge < -0.3 is 24.2 Å². The van der Waals surface area contributed by atoms with E-state index < -0.39 is 10.0 Å². The maximum Gasteiger partial charge on any atom is 0.231 e. The SMILES string of the molecule is CCNC(=NCCc1ccc2c(c1)OCO2)N1CCN(S(=O)(=O)Cc2ccon2)CC1. The summed E-state index contributed by atoms with van der Waals surface area (Å²) in [7, 11) is -3.42. The zero-order valence-electron chi connectivity index (χ0n) is 17.5. The van der Waals surface area contributed by atoms with E-state index in [4.69, 9.17) is 19.0 Å². The summed E-state index contributed by atoms with van der Waals surface area (Å²) in [5.74, 6) is 2.21. The number of aliphatic imine (C=N–C) groups is 1. The van der Waals surface area contributed by atoms with Crippen molar-refractivity contribution in [2.45, 2.75) is 19.1 Å². The molecule has 3 heterocycles. The highest BCUT2D eigenvalue weighted by Crippen LogP contribution is 2.32. The minimum atomic E-state index is -3.42. The lowest BCUT2D eigenvalue weighted by atomic mass is 10.1. The minimum absolute atomic E-state index is 0.146. The summed E-state index contributed by atoms with van der Waals surface area (Å²) < 4.78 is 42.3. The molecule has 0 unspecified atom stereocenters. The summed E-state index contributed by atoms with van der Waals surface area (Å²) in [6, 6.07) is 7.51. The molecule has 1 aromatic carbocycles. The molecule has 1 fully saturated rings. The molecule has 168 valence electrons. The van der Waals surface area contributed by atoms with Crippen LogP contribution in [0.4, 0.5) is 0 Å². The molecule has 1 N–H and O–H groups in total. The van der Waals surface area contributed by atoms with Crippen LogP contribution in [0.5, 0.6) is 11.5 Å². The summed E-state index contributed by atoms with van der Waals surface area (Å²) in [5.41, 5.74) is 1.55. The van der Waals surface area contributed by atoms with Crippen molar-refractivity contribution in [3.63, 3.8) is 0 Å². The van der Waals surface area contributed by atoms with Crippen molar-refractivity contribution in [1.82, 2.24) is 19.7 Å². The Bertz CT molecular complexity index is 1000. The van der Waals surface area contributed by atoms with Gasteiger partial charge in [-0.15, -0.1) is 0 Å². The largest absolute Gasteiger partial charge is 0.454 e. The van der Waals surface area contributed by atoms with Gasteiger partial charge in [-0.25, -0.2) is 8.42 Å². The molecule has 0 saturated carbocycles. The highest BCUT2D eigenvalue weighted by atomic mass is 32.2. The van der Waals surface area contributed by atoms with E-state index in [1.165, 1.54) is 10.6 Å². The molecule has 2 aliphatic heterocycles. The van der Waals surface area contributed by atoms with Crippen LogP contribution in [0.1, 0.15) is 18.2 Å². The summed E-state index contributed by atoms with van der Waals surface area (Å²) >= 11 is 0. The number of hydrogen-bond acceptors (Lipinski definition) is 7. The van der Waals surface area contributed by atoms with Crippen molar-refractivity contribution >= 4 is 16.0 Å². The lowest BCUT2D eigenvalue weighted by molar-refractivity contribution is 0.174. The normalized spacial score (nSPS) is 17.2. The first-order chi connectivity index (χ1) is 15.0. The molecular weight excluding hydrogens is 422 g/mol. The molecule has 1 aromatic heterocycles. The second-order valence-corrected chi connectivity index (χ2v) is 9.28. The number of piperazine rings is 1. The Hall–Kier alpha value is -2.79. The Balaban J connectivity index is 1.32. The first-order valence-corrected chi connectivity index (χ1v) is 11.9. The predicted octanol–water partition coefficient (Wildman–Crippen LogP) is 1.06. The molecule has 0 amide bonds. The van der Waals surface area contributed by atoms with Crippen LogP contribution in [0.25, 0.3) is 0 Å². The van der Waals surface area contributed by atoms with Crippen LogP contribution in [-0.2, 0) is 22.2 Å². The molecule has 0 bridgehead atoms. The lowest BCUT2D eigenvalue weighted by Gasteiger charge is -2.35. The van der Waals surface area contributed by atoms with Gasteiger partial charge in [0.25, 0.3) is 0 Å². The molecule has 10 nitrogen and oxygen atoms in total. The monoisotopic (exact) mass is 449 g/mol. The van der Waals surface area contributed by atoms with E-state index in [9.17, 15) is 8.42 Å². The zero-order valence-corrected chi connectivity index (χ0v) is 18.3. The van der Waals surface area contributed by atoms with Gasteiger partial charge in [0.1, 0.15) is 12.0 Å². The van der Waals surface area contributed by atoms with Crippen LogP contribution in [-0.4, -0.2) is 74.8 Å². The number of rotatable bonds is 7. The maximum atomic E-state index is 12.6. The van der Waals surface area contributed by atoms with Gasteiger partial charge >= 0.3 is 0 Å². The number of benzene rings is 1. The third-order valence-corrected chi connectivity index (χ3v) is 7.00. The highest BCUT2D eigenvalue weighted by Gasteiger charge is 2.29. The number of fused-ring (bicyclic) bond motifs is 1. The van der Waals surface area contributed by atoms with Gasteiger partial charge in [0.05, 0.1) is 5.69 Å². The van der Waals surface area contributed by atoms with E-state index in [1.807, 2.05) is 25.1 Å². The van der Waals surface area contributed by atoms with Gasteiger partial charge in [0.2, 0.25) is 16.8 Å². The topological polar surface area (TPSA) is 110 Å². The number of guanidine groups is 1. The van der Waals surface area contributed by atoms with Crippen LogP contribution in [0, 0.1) is 0 Å². The molecule has 2 aromatic rings. The van der Waals surface area contributed by atoms with Crippen molar-refractivity contribution in [2.24, 2.45) is 4.99 Å². The van der Waals surface area contributed by atoms with Crippen LogP contribution >= 0.6 is 0 Å². The third kappa shape index (κ3) is 5.28. The van der Waals surface area contributed by atoms with E-state index in [0.29, 0.717) is 38.4 Å². The smallest absolute Gasteiger partial charge is 0.231 e. The van der Waals surface area contributed by atoms with Crippen LogP contribution < -0.4 is 14.8 Å².